The van der Waals surface area contributed by atoms with Crippen molar-refractivity contribution in [3.05, 3.63) is 96.8 Å². The summed E-state index contributed by atoms with van der Waals surface area (Å²) in [6.07, 6.45) is 7.35. The SMILES string of the molecule is Cc1ccn(-c2cccc(-c3cc[nH]n3)n2)n1.Cc1ccn(-c2cccc(-c3cc[nH]n3)n2)n1.[Fe+2].[O-][Cl+3]([O-])([O-])[O-].[O-][Cl+3]([O-])([O-])[O-]. The van der Waals surface area contributed by atoms with Crippen molar-refractivity contribution >= 4 is 0 Å². The first kappa shape index (κ1) is 37.1. The number of aryl methyl sites for hydroxylation is 2. The van der Waals surface area contributed by atoms with Crippen molar-refractivity contribution in [3.8, 4) is 34.4 Å². The van der Waals surface area contributed by atoms with Crippen LogP contribution in [0.25, 0.3) is 34.4 Å². The molecule has 0 bridgehead atoms. The number of hydrogen-bond acceptors (Lipinski definition) is 14. The molecule has 6 heterocycles. The second-order valence-electron chi connectivity index (χ2n) is 8.24. The van der Waals surface area contributed by atoms with Gasteiger partial charge in [-0.1, -0.05) is 12.1 Å². The van der Waals surface area contributed by atoms with Crippen LogP contribution < -0.4 is 37.3 Å². The van der Waals surface area contributed by atoms with E-state index in [1.807, 2.05) is 86.9 Å². The molecule has 0 aliphatic carbocycles. The molecular formula is C24H22Cl2FeN10O8. The van der Waals surface area contributed by atoms with Crippen molar-refractivity contribution in [1.82, 2.24) is 49.9 Å². The van der Waals surface area contributed by atoms with Crippen LogP contribution in [0.4, 0.5) is 0 Å². The topological polar surface area (TPSA) is 303 Å². The van der Waals surface area contributed by atoms with Crippen LogP contribution in [-0.4, -0.2) is 49.9 Å². The van der Waals surface area contributed by atoms with Gasteiger partial charge in [-0.3, -0.25) is 10.2 Å². The Balaban J connectivity index is 0.000000239. The Kier molecular flexibility index (Phi) is 13.9. The van der Waals surface area contributed by atoms with E-state index in [4.69, 9.17) is 37.3 Å². The van der Waals surface area contributed by atoms with E-state index in [9.17, 15) is 0 Å². The van der Waals surface area contributed by atoms with E-state index in [2.05, 4.69) is 40.6 Å². The maximum atomic E-state index is 8.49. The molecule has 6 aromatic rings. The summed E-state index contributed by atoms with van der Waals surface area (Å²) in [7, 11) is -9.89. The summed E-state index contributed by atoms with van der Waals surface area (Å²) in [6.45, 7) is 3.90. The van der Waals surface area contributed by atoms with Crippen LogP contribution >= 0.6 is 0 Å². The molecule has 0 aromatic carbocycles. The number of aromatic amines is 2. The zero-order chi connectivity index (χ0) is 32.3. The molecule has 0 amide bonds. The molecule has 18 nitrogen and oxygen atoms in total. The molecule has 238 valence electrons. The Bertz CT molecular complexity index is 1570. The average molecular weight is 705 g/mol. The monoisotopic (exact) mass is 704 g/mol. The fourth-order valence-corrected chi connectivity index (χ4v) is 3.28. The molecule has 21 heteroatoms. The molecule has 0 unspecified atom stereocenters. The normalized spacial score (nSPS) is 10.7. The van der Waals surface area contributed by atoms with Gasteiger partial charge in [0.2, 0.25) is 0 Å². The zero-order valence-electron chi connectivity index (χ0n) is 23.0. The maximum Gasteiger partial charge on any atom is 2.00 e. The summed E-state index contributed by atoms with van der Waals surface area (Å²) < 4.78 is 71.5. The van der Waals surface area contributed by atoms with Crippen molar-refractivity contribution < 1.29 is 74.8 Å². The van der Waals surface area contributed by atoms with Crippen molar-refractivity contribution in [2.45, 2.75) is 13.8 Å². The number of nitrogens with one attached hydrogen (secondary N) is 2. The van der Waals surface area contributed by atoms with E-state index in [0.29, 0.717) is 0 Å². The molecule has 0 aliphatic heterocycles. The predicted octanol–water partition coefficient (Wildman–Crippen LogP) is -5.58. The van der Waals surface area contributed by atoms with Crippen LogP contribution in [0.2, 0.25) is 0 Å². The van der Waals surface area contributed by atoms with Crippen LogP contribution in [0, 0.1) is 34.3 Å². The Morgan fingerprint density at radius 3 is 1.16 bits per heavy atom. The summed E-state index contributed by atoms with van der Waals surface area (Å²) in [5.41, 5.74) is 5.26. The second-order valence-corrected chi connectivity index (χ2v) is 9.75. The molecule has 0 fully saturated rings. The predicted molar refractivity (Wildman–Crippen MR) is 127 cm³/mol. The van der Waals surface area contributed by atoms with E-state index in [1.54, 1.807) is 21.8 Å². The van der Waals surface area contributed by atoms with Crippen LogP contribution in [0.3, 0.4) is 0 Å². The summed E-state index contributed by atoms with van der Waals surface area (Å²) in [5, 5.41) is 22.4. The summed E-state index contributed by atoms with van der Waals surface area (Å²) in [6, 6.07) is 19.3. The molecule has 2 N–H and O–H groups in total. The van der Waals surface area contributed by atoms with Crippen LogP contribution in [0.5, 0.6) is 0 Å². The summed E-state index contributed by atoms with van der Waals surface area (Å²) >= 11 is 0. The van der Waals surface area contributed by atoms with Gasteiger partial charge in [-0.25, -0.2) is 56.6 Å². The van der Waals surface area contributed by atoms with Crippen molar-refractivity contribution in [1.29, 1.82) is 0 Å². The third kappa shape index (κ3) is 14.0. The van der Waals surface area contributed by atoms with Crippen LogP contribution in [0.1, 0.15) is 11.4 Å². The first-order valence-electron chi connectivity index (χ1n) is 11.9. The number of hydrogen-bond donors (Lipinski definition) is 2. The minimum atomic E-state index is -4.94. The molecule has 6 rings (SSSR count). The summed E-state index contributed by atoms with van der Waals surface area (Å²) in [5.74, 6) is 1.58. The van der Waals surface area contributed by atoms with Crippen molar-refractivity contribution in [3.63, 3.8) is 0 Å². The quantitative estimate of drug-likeness (QED) is 0.162. The number of H-pyrrole nitrogens is 2. The van der Waals surface area contributed by atoms with E-state index >= 15 is 0 Å². The Morgan fingerprint density at radius 2 is 0.889 bits per heavy atom. The molecule has 0 saturated heterocycles. The van der Waals surface area contributed by atoms with Gasteiger partial charge in [0.1, 0.15) is 11.4 Å². The van der Waals surface area contributed by atoms with Gasteiger partial charge in [-0.15, -0.1) is 20.5 Å². The molecule has 0 spiro atoms. The fourth-order valence-electron chi connectivity index (χ4n) is 3.28. The van der Waals surface area contributed by atoms with Crippen LogP contribution in [0.15, 0.2) is 85.5 Å². The molecule has 0 aliphatic rings. The Hall–Kier alpha value is -4.08. The smallest absolute Gasteiger partial charge is 0.285 e. The molecule has 0 atom stereocenters. The molecule has 0 saturated carbocycles. The maximum absolute atomic E-state index is 8.49. The van der Waals surface area contributed by atoms with Gasteiger partial charge in [0.15, 0.2) is 11.6 Å². The van der Waals surface area contributed by atoms with Crippen LogP contribution in [-0.2, 0) is 17.1 Å². The summed E-state index contributed by atoms with van der Waals surface area (Å²) in [4.78, 5) is 9.03. The number of rotatable bonds is 4. The second kappa shape index (κ2) is 16.8. The zero-order valence-corrected chi connectivity index (χ0v) is 25.7. The third-order valence-corrected chi connectivity index (χ3v) is 4.91. The van der Waals surface area contributed by atoms with Gasteiger partial charge in [0.25, 0.3) is 0 Å². The first-order valence-corrected chi connectivity index (χ1v) is 14.4. The Labute approximate surface area is 269 Å². The van der Waals surface area contributed by atoms with Crippen molar-refractivity contribution in [2.24, 2.45) is 0 Å². The number of nitrogens with zero attached hydrogens (tertiary/aromatic N) is 8. The van der Waals surface area contributed by atoms with Gasteiger partial charge in [0, 0.05) is 24.8 Å². The van der Waals surface area contributed by atoms with Gasteiger partial charge in [-0.05, 0) is 62.4 Å². The van der Waals surface area contributed by atoms with E-state index < -0.39 is 20.5 Å². The Morgan fingerprint density at radius 1 is 0.533 bits per heavy atom. The fraction of sp³-hybridized carbons (Fsp3) is 0.0833. The van der Waals surface area contributed by atoms with Gasteiger partial charge in [0.05, 0.1) is 22.8 Å². The third-order valence-electron chi connectivity index (χ3n) is 4.91. The minimum absolute atomic E-state index is 0. The first-order chi connectivity index (χ1) is 20.7. The molecule has 0 radical (unpaired) electrons. The molecule has 45 heavy (non-hydrogen) atoms. The number of pyridine rings is 2. The number of aromatic nitrogens is 10. The largest absolute Gasteiger partial charge is 2.00 e. The minimum Gasteiger partial charge on any atom is -0.285 e. The molecule has 6 aromatic heterocycles. The van der Waals surface area contributed by atoms with E-state index in [1.165, 1.54) is 0 Å². The number of halogens is 2. The average Bonchev–Trinajstić information content (AvgIpc) is 3.76. The van der Waals surface area contributed by atoms with E-state index in [0.717, 1.165) is 45.8 Å². The molecular weight excluding hydrogens is 683 g/mol. The van der Waals surface area contributed by atoms with Gasteiger partial charge in [-0.2, -0.15) is 20.4 Å². The standard InChI is InChI=1S/2C12H11N5.2ClHO4.Fe/c2*1-9-6-8-17(16-9)12-4-2-3-10(14-12)11-5-7-13-15-11;2*2-1(3,4)5;/h2*2-8H,1H3,(H,13,15);2*(H,2,3,4,5);/q;;;;+2/p-2. The van der Waals surface area contributed by atoms with Gasteiger partial charge >= 0.3 is 17.1 Å². The van der Waals surface area contributed by atoms with Gasteiger partial charge < -0.3 is 0 Å². The van der Waals surface area contributed by atoms with E-state index in [-0.39, 0.29) is 17.1 Å². The van der Waals surface area contributed by atoms with Crippen molar-refractivity contribution in [2.75, 3.05) is 0 Å².